The Balaban J connectivity index is 1.44. The number of quaternary nitrogens is 1. The number of carbonyl (C=O) groups excluding carboxylic acids is 2. The summed E-state index contributed by atoms with van der Waals surface area (Å²) in [4.78, 5) is 27.3. The third-order valence-corrected chi connectivity index (χ3v) is 9.83. The van der Waals surface area contributed by atoms with Crippen molar-refractivity contribution in [3.8, 4) is 0 Å². The maximum Gasteiger partial charge on any atom is 0.348 e. The van der Waals surface area contributed by atoms with Crippen LogP contribution in [0.3, 0.4) is 0 Å². The smallest absolute Gasteiger partial charge is 0.348 e. The molecule has 0 amide bonds. The minimum atomic E-state index is -1.61. The standard InChI is InChI=1S/C33H45N2O5/c1-4-23(2)30(34)31(36)38-24(3)40-33(25-13-7-5-8-14-25,26-15-9-6-10-16-26)32(37)39-29-21-27-17-18-28(22-29)35(27)19-11-12-20-35/h5-10,13-16,23-24,27-30H,4,11-12,17-22,34H2,1-3H3/q+1/t23-,24+,27?,28?,29?,30-/m0/s1. The lowest BCUT2D eigenvalue weighted by Gasteiger charge is -2.47. The molecule has 2 aromatic carbocycles. The number of carbonyl (C=O) groups is 2. The lowest BCUT2D eigenvalue weighted by Crippen LogP contribution is -2.60. The van der Waals surface area contributed by atoms with Crippen molar-refractivity contribution in [1.29, 1.82) is 0 Å². The van der Waals surface area contributed by atoms with Crippen LogP contribution in [-0.4, -0.2) is 60.0 Å². The fourth-order valence-corrected chi connectivity index (χ4v) is 7.47. The van der Waals surface area contributed by atoms with E-state index in [1.807, 2.05) is 74.5 Å². The summed E-state index contributed by atoms with van der Waals surface area (Å²) in [5, 5.41) is 0. The van der Waals surface area contributed by atoms with E-state index in [9.17, 15) is 9.59 Å². The first-order chi connectivity index (χ1) is 19.3. The Morgan fingerprint density at radius 2 is 1.45 bits per heavy atom. The van der Waals surface area contributed by atoms with E-state index in [1.165, 1.54) is 43.3 Å². The van der Waals surface area contributed by atoms with Gasteiger partial charge in [-0.05, 0) is 24.0 Å². The van der Waals surface area contributed by atoms with Crippen molar-refractivity contribution >= 4 is 11.9 Å². The van der Waals surface area contributed by atoms with Gasteiger partial charge in [-0.2, -0.15) is 0 Å². The molecule has 0 radical (unpaired) electrons. The Labute approximate surface area is 238 Å². The first-order valence-electron chi connectivity index (χ1n) is 15.1. The van der Waals surface area contributed by atoms with E-state index in [4.69, 9.17) is 19.9 Å². The van der Waals surface area contributed by atoms with Crippen molar-refractivity contribution in [3.05, 3.63) is 71.8 Å². The molecule has 1 spiro atoms. The zero-order valence-corrected chi connectivity index (χ0v) is 24.2. The summed E-state index contributed by atoms with van der Waals surface area (Å²) in [6, 6.07) is 19.1. The number of esters is 2. The van der Waals surface area contributed by atoms with Crippen LogP contribution in [-0.2, 0) is 29.4 Å². The van der Waals surface area contributed by atoms with Crippen molar-refractivity contribution < 1.29 is 28.3 Å². The number of rotatable bonds is 10. The van der Waals surface area contributed by atoms with Gasteiger partial charge in [0.05, 0.1) is 25.2 Å². The molecule has 2 aromatic rings. The molecule has 5 atom stereocenters. The molecule has 5 rings (SSSR count). The minimum Gasteiger partial charge on any atom is -0.459 e. The van der Waals surface area contributed by atoms with Gasteiger partial charge in [0.15, 0.2) is 0 Å². The van der Waals surface area contributed by atoms with Crippen LogP contribution in [0.1, 0.15) is 76.8 Å². The van der Waals surface area contributed by atoms with Crippen LogP contribution in [0.4, 0.5) is 0 Å². The van der Waals surface area contributed by atoms with Crippen molar-refractivity contribution in [2.75, 3.05) is 13.1 Å². The highest BCUT2D eigenvalue weighted by atomic mass is 16.7. The van der Waals surface area contributed by atoms with Gasteiger partial charge in [-0.3, -0.25) is 4.79 Å². The van der Waals surface area contributed by atoms with Gasteiger partial charge in [-0.15, -0.1) is 0 Å². The van der Waals surface area contributed by atoms with Crippen LogP contribution in [0.2, 0.25) is 0 Å². The molecule has 0 aromatic heterocycles. The number of nitrogens with zero attached hydrogens (tertiary/aromatic N) is 1. The highest BCUT2D eigenvalue weighted by Gasteiger charge is 2.57. The van der Waals surface area contributed by atoms with Crippen LogP contribution in [0.15, 0.2) is 60.7 Å². The zero-order valence-electron chi connectivity index (χ0n) is 24.2. The first-order valence-corrected chi connectivity index (χ1v) is 15.1. The second-order valence-corrected chi connectivity index (χ2v) is 12.1. The molecule has 216 valence electrons. The van der Waals surface area contributed by atoms with Gasteiger partial charge < -0.3 is 24.4 Å². The van der Waals surface area contributed by atoms with E-state index in [1.54, 1.807) is 6.92 Å². The van der Waals surface area contributed by atoms with Crippen LogP contribution in [0, 0.1) is 5.92 Å². The van der Waals surface area contributed by atoms with Crippen LogP contribution in [0.25, 0.3) is 0 Å². The summed E-state index contributed by atoms with van der Waals surface area (Å²) in [6.45, 7) is 8.06. The lowest BCUT2D eigenvalue weighted by atomic mass is 9.85. The van der Waals surface area contributed by atoms with Crippen LogP contribution >= 0.6 is 0 Å². The Kier molecular flexibility index (Phi) is 8.64. The van der Waals surface area contributed by atoms with Gasteiger partial charge in [0.2, 0.25) is 11.9 Å². The quantitative estimate of drug-likeness (QED) is 0.253. The molecule has 40 heavy (non-hydrogen) atoms. The predicted octanol–water partition coefficient (Wildman–Crippen LogP) is 5.06. The molecule has 7 heteroatoms. The lowest BCUT2D eigenvalue weighted by molar-refractivity contribution is -0.956. The second kappa shape index (κ2) is 12.0. The molecule has 0 aliphatic carbocycles. The van der Waals surface area contributed by atoms with Crippen molar-refractivity contribution in [3.63, 3.8) is 0 Å². The van der Waals surface area contributed by atoms with E-state index < -0.39 is 29.9 Å². The van der Waals surface area contributed by atoms with Crippen molar-refractivity contribution in [2.45, 2.75) is 102 Å². The second-order valence-electron chi connectivity index (χ2n) is 12.1. The SMILES string of the molecule is CC[C@H](C)[C@H](N)C(=O)O[C@@H](C)OC(C(=O)OC1CC2CCC(C1)[N+]21CCCC1)(c1ccccc1)c1ccccc1. The van der Waals surface area contributed by atoms with Gasteiger partial charge in [-0.1, -0.05) is 80.9 Å². The minimum absolute atomic E-state index is 0.0408. The van der Waals surface area contributed by atoms with Crippen LogP contribution < -0.4 is 5.73 Å². The summed E-state index contributed by atoms with van der Waals surface area (Å²) in [5.41, 5.74) is 5.79. The van der Waals surface area contributed by atoms with Gasteiger partial charge in [0.25, 0.3) is 0 Å². The fourth-order valence-electron chi connectivity index (χ4n) is 7.47. The molecule has 3 aliphatic rings. The summed E-state index contributed by atoms with van der Waals surface area (Å²) in [5.74, 6) is -1.06. The Hall–Kier alpha value is -2.74. The zero-order chi connectivity index (χ0) is 28.3. The monoisotopic (exact) mass is 549 g/mol. The molecule has 2 N–H and O–H groups in total. The number of nitrogens with two attached hydrogens (primary N) is 1. The third-order valence-electron chi connectivity index (χ3n) is 9.83. The van der Waals surface area contributed by atoms with E-state index in [0.717, 1.165) is 19.3 Å². The average molecular weight is 550 g/mol. The topological polar surface area (TPSA) is 87.9 Å². The number of hydrogen-bond acceptors (Lipinski definition) is 6. The Morgan fingerprint density at radius 1 is 0.925 bits per heavy atom. The predicted molar refractivity (Wildman–Crippen MR) is 153 cm³/mol. The third kappa shape index (κ3) is 5.31. The van der Waals surface area contributed by atoms with Gasteiger partial charge in [0.1, 0.15) is 12.1 Å². The average Bonchev–Trinajstić information content (AvgIpc) is 3.52. The molecule has 3 heterocycles. The Morgan fingerprint density at radius 3 is 1.95 bits per heavy atom. The van der Waals surface area contributed by atoms with Gasteiger partial charge in [0, 0.05) is 38.5 Å². The van der Waals surface area contributed by atoms with Crippen LogP contribution in [0.5, 0.6) is 0 Å². The molecular formula is C33H45N2O5+. The first kappa shape index (κ1) is 28.8. The van der Waals surface area contributed by atoms with Crippen molar-refractivity contribution in [1.82, 2.24) is 0 Å². The number of ether oxygens (including phenoxy) is 3. The molecule has 3 aliphatic heterocycles. The molecule has 0 saturated carbocycles. The fraction of sp³-hybridized carbons (Fsp3) is 0.576. The highest BCUT2D eigenvalue weighted by molar-refractivity contribution is 5.86. The van der Waals surface area contributed by atoms with E-state index in [-0.39, 0.29) is 12.0 Å². The molecule has 3 saturated heterocycles. The highest BCUT2D eigenvalue weighted by Crippen LogP contribution is 2.47. The summed E-state index contributed by atoms with van der Waals surface area (Å²) >= 11 is 0. The number of piperidine rings is 1. The number of hydrogen-bond donors (Lipinski definition) is 1. The summed E-state index contributed by atoms with van der Waals surface area (Å²) in [6.07, 6.45) is 6.33. The summed E-state index contributed by atoms with van der Waals surface area (Å²) in [7, 11) is 0. The summed E-state index contributed by atoms with van der Waals surface area (Å²) < 4.78 is 19.9. The molecule has 3 fully saturated rings. The van der Waals surface area contributed by atoms with E-state index >= 15 is 0 Å². The Bertz CT molecular complexity index is 1090. The molecule has 2 unspecified atom stereocenters. The molecular weight excluding hydrogens is 504 g/mol. The molecule has 2 bridgehead atoms. The largest absolute Gasteiger partial charge is 0.459 e. The van der Waals surface area contributed by atoms with E-state index in [2.05, 4.69) is 0 Å². The van der Waals surface area contributed by atoms with Gasteiger partial charge >= 0.3 is 11.9 Å². The van der Waals surface area contributed by atoms with Crippen molar-refractivity contribution in [2.24, 2.45) is 11.7 Å². The van der Waals surface area contributed by atoms with Gasteiger partial charge in [-0.25, -0.2) is 4.79 Å². The molecule has 7 nitrogen and oxygen atoms in total. The maximum atomic E-state index is 14.5. The maximum absolute atomic E-state index is 14.5. The normalized spacial score (nSPS) is 25.8. The number of benzene rings is 2. The van der Waals surface area contributed by atoms with E-state index in [0.29, 0.717) is 23.2 Å².